The van der Waals surface area contributed by atoms with Crippen LogP contribution in [0.15, 0.2) is 40.3 Å². The number of rotatable bonds is 14. The second-order valence-corrected chi connectivity index (χ2v) is 7.67. The van der Waals surface area contributed by atoms with Gasteiger partial charge in [0, 0.05) is 0 Å². The molecule has 0 aromatic heterocycles. The van der Waals surface area contributed by atoms with Gasteiger partial charge in [0.05, 0.1) is 5.92 Å². The first-order valence-electron chi connectivity index (χ1n) is 10.8. The van der Waals surface area contributed by atoms with Gasteiger partial charge in [-0.3, -0.25) is 0 Å². The Kier molecular flexibility index (Phi) is 10.2. The molecule has 0 spiro atoms. The molecule has 0 aliphatic carbocycles. The standard InChI is InChI=1S/C24H37N2/c1-3-5-7-12-16-22(20-21-14-10-9-11-15-21)23(17-13-8-6-4-2)24-25-18-19-26-24/h9-11,14-15,18-19,22-23H,3-8,12-13,16-17,20H2,1-2H3/q+1. The van der Waals surface area contributed by atoms with Gasteiger partial charge in [0.2, 0.25) is 6.17 Å². The Labute approximate surface area is 161 Å². The van der Waals surface area contributed by atoms with Gasteiger partial charge in [-0.25, -0.2) is 0 Å². The maximum absolute atomic E-state index is 4.61. The zero-order valence-electron chi connectivity index (χ0n) is 16.9. The van der Waals surface area contributed by atoms with Crippen LogP contribution in [0.25, 0.3) is 0 Å². The Morgan fingerprint density at radius 2 is 1.38 bits per heavy atom. The average Bonchev–Trinajstić information content (AvgIpc) is 3.20. The summed E-state index contributed by atoms with van der Waals surface area (Å²) in [5.74, 6) is 1.15. The minimum atomic E-state index is 0.503. The van der Waals surface area contributed by atoms with Crippen molar-refractivity contribution in [1.29, 1.82) is 0 Å². The third-order valence-electron chi connectivity index (χ3n) is 5.52. The van der Waals surface area contributed by atoms with Crippen LogP contribution in [0.5, 0.6) is 0 Å². The number of unbranched alkanes of at least 4 members (excludes halogenated alkanes) is 6. The third-order valence-corrected chi connectivity index (χ3v) is 5.52. The SMILES string of the molecule is CCCCCCC(Cc1ccccc1)C(CCCCCC)[C+]1N=CC=N1. The number of benzene rings is 1. The molecule has 2 rings (SSSR count). The van der Waals surface area contributed by atoms with Crippen molar-refractivity contribution in [2.75, 3.05) is 0 Å². The van der Waals surface area contributed by atoms with Crippen molar-refractivity contribution in [1.82, 2.24) is 0 Å². The van der Waals surface area contributed by atoms with Crippen molar-refractivity contribution in [2.24, 2.45) is 21.8 Å². The maximum atomic E-state index is 4.61. The van der Waals surface area contributed by atoms with E-state index in [-0.39, 0.29) is 0 Å². The highest BCUT2D eigenvalue weighted by atomic mass is 15.0. The Morgan fingerprint density at radius 1 is 0.769 bits per heavy atom. The van der Waals surface area contributed by atoms with E-state index in [0.29, 0.717) is 11.8 Å². The van der Waals surface area contributed by atoms with Crippen LogP contribution in [0.2, 0.25) is 0 Å². The molecule has 0 radical (unpaired) electrons. The van der Waals surface area contributed by atoms with Crippen molar-refractivity contribution in [3.63, 3.8) is 0 Å². The van der Waals surface area contributed by atoms with Crippen LogP contribution in [-0.2, 0) is 6.42 Å². The number of hydrogen-bond donors (Lipinski definition) is 0. The fourth-order valence-corrected chi connectivity index (χ4v) is 4.01. The molecule has 1 aromatic carbocycles. The van der Waals surface area contributed by atoms with Crippen LogP contribution in [0.1, 0.15) is 83.6 Å². The summed E-state index contributed by atoms with van der Waals surface area (Å²) in [5, 5.41) is 0. The second-order valence-electron chi connectivity index (χ2n) is 7.67. The minimum absolute atomic E-state index is 0.503. The first kappa shape index (κ1) is 20.7. The molecule has 2 nitrogen and oxygen atoms in total. The van der Waals surface area contributed by atoms with Gasteiger partial charge in [-0.2, -0.15) is 0 Å². The van der Waals surface area contributed by atoms with Crippen LogP contribution in [-0.4, -0.2) is 12.4 Å². The molecule has 1 aromatic rings. The predicted molar refractivity (Wildman–Crippen MR) is 115 cm³/mol. The summed E-state index contributed by atoms with van der Waals surface area (Å²) in [7, 11) is 0. The highest BCUT2D eigenvalue weighted by molar-refractivity contribution is 6.18. The van der Waals surface area contributed by atoms with Crippen LogP contribution in [0, 0.1) is 18.0 Å². The lowest BCUT2D eigenvalue weighted by molar-refractivity contribution is 0.284. The fraction of sp³-hybridized carbons (Fsp3) is 0.625. The average molecular weight is 354 g/mol. The quantitative estimate of drug-likeness (QED) is 0.253. The monoisotopic (exact) mass is 353 g/mol. The van der Waals surface area contributed by atoms with Gasteiger partial charge < -0.3 is 0 Å². The molecule has 2 unspecified atom stereocenters. The molecule has 2 heteroatoms. The third kappa shape index (κ3) is 7.35. The van der Waals surface area contributed by atoms with Crippen LogP contribution < -0.4 is 0 Å². The molecule has 26 heavy (non-hydrogen) atoms. The lowest BCUT2D eigenvalue weighted by atomic mass is 9.78. The van der Waals surface area contributed by atoms with Crippen molar-refractivity contribution in [2.45, 2.75) is 84.5 Å². The normalized spacial score (nSPS) is 15.5. The van der Waals surface area contributed by atoms with E-state index in [1.54, 1.807) is 0 Å². The van der Waals surface area contributed by atoms with Gasteiger partial charge in [0.15, 0.2) is 12.4 Å². The molecular formula is C24H37N2+. The molecule has 1 heterocycles. The lowest BCUT2D eigenvalue weighted by Crippen LogP contribution is -2.22. The van der Waals surface area contributed by atoms with Crippen molar-refractivity contribution < 1.29 is 0 Å². The van der Waals surface area contributed by atoms with Gasteiger partial charge >= 0.3 is 0 Å². The Hall–Kier alpha value is -1.57. The molecule has 1 aliphatic rings. The summed E-state index contributed by atoms with van der Waals surface area (Å²) in [6, 6.07) is 11.0. The fourth-order valence-electron chi connectivity index (χ4n) is 4.01. The molecule has 0 fully saturated rings. The molecule has 0 saturated carbocycles. The molecule has 0 N–H and O–H groups in total. The highest BCUT2D eigenvalue weighted by Gasteiger charge is 2.35. The summed E-state index contributed by atoms with van der Waals surface area (Å²) in [4.78, 5) is 9.22. The largest absolute Gasteiger partial charge is 0.244 e. The summed E-state index contributed by atoms with van der Waals surface area (Å²) < 4.78 is 0. The summed E-state index contributed by atoms with van der Waals surface area (Å²) in [6.07, 6.45) is 19.1. The number of nitrogens with zero attached hydrogens (tertiary/aromatic N) is 2. The van der Waals surface area contributed by atoms with Crippen LogP contribution in [0.4, 0.5) is 0 Å². The Bertz CT molecular complexity index is 508. The van der Waals surface area contributed by atoms with Gasteiger partial charge in [-0.15, -0.1) is 0 Å². The first-order chi connectivity index (χ1) is 12.8. The molecular weight excluding hydrogens is 316 g/mol. The van der Waals surface area contributed by atoms with E-state index in [1.165, 1.54) is 69.8 Å². The summed E-state index contributed by atoms with van der Waals surface area (Å²) in [5.41, 5.74) is 1.46. The second kappa shape index (κ2) is 12.7. The van der Waals surface area contributed by atoms with Crippen LogP contribution in [0.3, 0.4) is 0 Å². The first-order valence-corrected chi connectivity index (χ1v) is 10.8. The van der Waals surface area contributed by atoms with E-state index in [2.05, 4.69) is 54.2 Å². The number of hydrogen-bond acceptors (Lipinski definition) is 2. The summed E-state index contributed by atoms with van der Waals surface area (Å²) in [6.45, 7) is 4.57. The van der Waals surface area contributed by atoms with E-state index in [4.69, 9.17) is 0 Å². The Morgan fingerprint density at radius 3 is 2.00 bits per heavy atom. The van der Waals surface area contributed by atoms with Gasteiger partial charge in [0.1, 0.15) is 0 Å². The van der Waals surface area contributed by atoms with Crippen molar-refractivity contribution in [3.8, 4) is 0 Å². The van der Waals surface area contributed by atoms with Crippen molar-refractivity contribution >= 4 is 12.4 Å². The van der Waals surface area contributed by atoms with E-state index in [9.17, 15) is 0 Å². The smallest absolute Gasteiger partial charge is 0.0965 e. The molecule has 0 bridgehead atoms. The molecule has 0 amide bonds. The topological polar surface area (TPSA) is 24.7 Å². The summed E-state index contributed by atoms with van der Waals surface area (Å²) >= 11 is 0. The highest BCUT2D eigenvalue weighted by Crippen LogP contribution is 2.36. The van der Waals surface area contributed by atoms with E-state index >= 15 is 0 Å². The van der Waals surface area contributed by atoms with Gasteiger partial charge in [0.25, 0.3) is 0 Å². The van der Waals surface area contributed by atoms with Crippen LogP contribution >= 0.6 is 0 Å². The molecule has 0 saturated heterocycles. The lowest BCUT2D eigenvalue weighted by Gasteiger charge is -2.26. The van der Waals surface area contributed by atoms with E-state index in [0.717, 1.165) is 12.6 Å². The van der Waals surface area contributed by atoms with Crippen molar-refractivity contribution in [3.05, 3.63) is 42.1 Å². The zero-order valence-corrected chi connectivity index (χ0v) is 16.9. The Balaban J connectivity index is 2.04. The number of aliphatic imine (C=N–C) groups is 2. The van der Waals surface area contributed by atoms with Gasteiger partial charge in [-0.05, 0) is 30.7 Å². The predicted octanol–water partition coefficient (Wildman–Crippen LogP) is 7.05. The molecule has 2 atom stereocenters. The van der Waals surface area contributed by atoms with Gasteiger partial charge in [-0.1, -0.05) is 106 Å². The minimum Gasteiger partial charge on any atom is -0.0965 e. The zero-order chi connectivity index (χ0) is 18.5. The molecule has 1 aliphatic heterocycles. The molecule has 142 valence electrons. The van der Waals surface area contributed by atoms with E-state index in [1.807, 2.05) is 12.4 Å². The van der Waals surface area contributed by atoms with E-state index < -0.39 is 0 Å². The maximum Gasteiger partial charge on any atom is 0.244 e.